The highest BCUT2D eigenvalue weighted by Crippen LogP contribution is 2.20. The van der Waals surface area contributed by atoms with Crippen molar-refractivity contribution in [2.24, 2.45) is 10.9 Å². The van der Waals surface area contributed by atoms with Crippen molar-refractivity contribution in [3.05, 3.63) is 35.1 Å². The van der Waals surface area contributed by atoms with Gasteiger partial charge in [-0.1, -0.05) is 6.07 Å². The number of rotatable bonds is 7. The number of nitrogens with zero attached hydrogens (tertiary/aromatic N) is 3. The number of likely N-dealkylation sites (tertiary alicyclic amines) is 2. The molecule has 158 valence electrons. The van der Waals surface area contributed by atoms with Crippen LogP contribution in [0.15, 0.2) is 23.2 Å². The lowest BCUT2D eigenvalue weighted by atomic mass is 10.1. The number of ether oxygens (including phenoxy) is 1. The molecule has 28 heavy (non-hydrogen) atoms. The zero-order chi connectivity index (χ0) is 19.1. The molecule has 7 heteroatoms. The van der Waals surface area contributed by atoms with E-state index in [9.17, 15) is 4.39 Å². The first-order chi connectivity index (χ1) is 13.2. The van der Waals surface area contributed by atoms with Crippen molar-refractivity contribution < 1.29 is 9.13 Å². The van der Waals surface area contributed by atoms with E-state index < -0.39 is 0 Å². The number of aliphatic imine (C=N–C) groups is 1. The molecule has 0 spiro atoms. The van der Waals surface area contributed by atoms with E-state index in [0.29, 0.717) is 12.1 Å². The Morgan fingerprint density at radius 1 is 1.29 bits per heavy atom. The zero-order valence-corrected chi connectivity index (χ0v) is 19.5. The maximum atomic E-state index is 13.8. The fraction of sp³-hybridized carbons (Fsp3) is 0.667. The predicted molar refractivity (Wildman–Crippen MR) is 123 cm³/mol. The number of methoxy groups -OCH3 is 1. The first kappa shape index (κ1) is 23.3. The lowest BCUT2D eigenvalue weighted by molar-refractivity contribution is 0.181. The molecule has 1 aromatic rings. The van der Waals surface area contributed by atoms with Gasteiger partial charge in [0.2, 0.25) is 0 Å². The average Bonchev–Trinajstić information content (AvgIpc) is 3.34. The molecule has 2 saturated heterocycles. The van der Waals surface area contributed by atoms with E-state index in [-0.39, 0.29) is 36.4 Å². The van der Waals surface area contributed by atoms with E-state index in [2.05, 4.69) is 22.0 Å². The SMILES string of the molecule is CCNC(=NCc1ccc(F)c(COC)c1)N1CCC(CN2CCCC2)C1.I. The molecule has 2 aliphatic rings. The third-order valence-corrected chi connectivity index (χ3v) is 5.46. The largest absolute Gasteiger partial charge is 0.380 e. The third kappa shape index (κ3) is 6.56. The van der Waals surface area contributed by atoms with E-state index in [4.69, 9.17) is 9.73 Å². The van der Waals surface area contributed by atoms with Crippen LogP contribution < -0.4 is 5.32 Å². The van der Waals surface area contributed by atoms with Gasteiger partial charge in [0.1, 0.15) is 5.82 Å². The van der Waals surface area contributed by atoms with Gasteiger partial charge in [0, 0.05) is 38.9 Å². The molecular weight excluding hydrogens is 470 g/mol. The highest BCUT2D eigenvalue weighted by molar-refractivity contribution is 14.0. The summed E-state index contributed by atoms with van der Waals surface area (Å²) in [7, 11) is 1.58. The molecule has 0 aliphatic carbocycles. The first-order valence-corrected chi connectivity index (χ1v) is 10.2. The van der Waals surface area contributed by atoms with Crippen LogP contribution in [-0.2, 0) is 17.9 Å². The predicted octanol–water partition coefficient (Wildman–Crippen LogP) is 3.47. The fourth-order valence-corrected chi connectivity index (χ4v) is 4.09. The molecule has 2 aliphatic heterocycles. The molecule has 0 radical (unpaired) electrons. The van der Waals surface area contributed by atoms with Gasteiger partial charge in [0.15, 0.2) is 5.96 Å². The first-order valence-electron chi connectivity index (χ1n) is 10.2. The van der Waals surface area contributed by atoms with Crippen molar-refractivity contribution in [1.29, 1.82) is 0 Å². The Hall–Kier alpha value is -0.930. The standard InChI is InChI=1S/C21H33FN4O.HI/c1-3-23-21(24-13-17-6-7-20(22)19(12-17)16-27-2)26-11-8-18(15-26)14-25-9-4-5-10-25;/h6-7,12,18H,3-5,8-11,13-16H2,1-2H3,(H,23,24);1H. The van der Waals surface area contributed by atoms with Crippen molar-refractivity contribution >= 4 is 29.9 Å². The Bertz CT molecular complexity index is 637. The number of hydrogen-bond donors (Lipinski definition) is 1. The highest BCUT2D eigenvalue weighted by Gasteiger charge is 2.27. The number of nitrogens with one attached hydrogen (secondary N) is 1. The van der Waals surface area contributed by atoms with E-state index in [0.717, 1.165) is 37.1 Å². The van der Waals surface area contributed by atoms with Crippen molar-refractivity contribution in [3.8, 4) is 0 Å². The number of guanidine groups is 1. The van der Waals surface area contributed by atoms with Gasteiger partial charge in [-0.05, 0) is 62.9 Å². The van der Waals surface area contributed by atoms with Gasteiger partial charge in [-0.15, -0.1) is 24.0 Å². The Balaban J connectivity index is 0.00000280. The van der Waals surface area contributed by atoms with Crippen molar-refractivity contribution in [2.75, 3.05) is 46.4 Å². The topological polar surface area (TPSA) is 40.1 Å². The maximum Gasteiger partial charge on any atom is 0.194 e. The Morgan fingerprint density at radius 3 is 2.79 bits per heavy atom. The lowest BCUT2D eigenvalue weighted by Gasteiger charge is -2.23. The summed E-state index contributed by atoms with van der Waals surface area (Å²) < 4.78 is 18.9. The monoisotopic (exact) mass is 504 g/mol. The van der Waals surface area contributed by atoms with E-state index in [1.807, 2.05) is 12.1 Å². The van der Waals surface area contributed by atoms with E-state index in [1.54, 1.807) is 7.11 Å². The van der Waals surface area contributed by atoms with Crippen molar-refractivity contribution in [1.82, 2.24) is 15.1 Å². The van der Waals surface area contributed by atoms with Crippen molar-refractivity contribution in [2.45, 2.75) is 39.3 Å². The van der Waals surface area contributed by atoms with Gasteiger partial charge in [-0.3, -0.25) is 0 Å². The van der Waals surface area contributed by atoms with Crippen LogP contribution in [0.3, 0.4) is 0 Å². The van der Waals surface area contributed by atoms with Gasteiger partial charge >= 0.3 is 0 Å². The second-order valence-corrected chi connectivity index (χ2v) is 7.64. The molecule has 3 rings (SSSR count). The minimum absolute atomic E-state index is 0. The minimum Gasteiger partial charge on any atom is -0.380 e. The Labute approximate surface area is 185 Å². The van der Waals surface area contributed by atoms with Crippen LogP contribution in [0.1, 0.15) is 37.3 Å². The molecule has 1 aromatic carbocycles. The molecule has 1 N–H and O–H groups in total. The molecule has 2 fully saturated rings. The molecule has 0 aromatic heterocycles. The Kier molecular flexibility index (Phi) is 9.94. The molecule has 2 heterocycles. The summed E-state index contributed by atoms with van der Waals surface area (Å²) in [6.45, 7) is 9.66. The molecular formula is C21H34FIN4O. The van der Waals surface area contributed by atoms with Gasteiger partial charge in [0.25, 0.3) is 0 Å². The lowest BCUT2D eigenvalue weighted by Crippen LogP contribution is -2.40. The minimum atomic E-state index is -0.221. The van der Waals surface area contributed by atoms with Crippen molar-refractivity contribution in [3.63, 3.8) is 0 Å². The van der Waals surface area contributed by atoms with Crippen LogP contribution in [-0.4, -0.2) is 62.1 Å². The molecule has 1 atom stereocenters. The summed E-state index contributed by atoms with van der Waals surface area (Å²) in [4.78, 5) is 9.80. The van der Waals surface area contributed by atoms with Crippen LogP contribution in [0, 0.1) is 11.7 Å². The molecule has 0 bridgehead atoms. The number of halogens is 2. The second-order valence-electron chi connectivity index (χ2n) is 7.64. The van der Waals surface area contributed by atoms with Gasteiger partial charge in [0.05, 0.1) is 13.2 Å². The summed E-state index contributed by atoms with van der Waals surface area (Å²) in [6, 6.07) is 5.17. The van der Waals surface area contributed by atoms with Gasteiger partial charge in [-0.25, -0.2) is 9.38 Å². The average molecular weight is 504 g/mol. The summed E-state index contributed by atoms with van der Waals surface area (Å²) >= 11 is 0. The van der Waals surface area contributed by atoms with Crippen LogP contribution >= 0.6 is 24.0 Å². The Morgan fingerprint density at radius 2 is 2.07 bits per heavy atom. The van der Waals surface area contributed by atoms with Crippen LogP contribution in [0.25, 0.3) is 0 Å². The highest BCUT2D eigenvalue weighted by atomic mass is 127. The number of hydrogen-bond acceptors (Lipinski definition) is 3. The quantitative estimate of drug-likeness (QED) is 0.351. The zero-order valence-electron chi connectivity index (χ0n) is 17.1. The number of benzene rings is 1. The van der Waals surface area contributed by atoms with Crippen LogP contribution in [0.5, 0.6) is 0 Å². The summed E-state index contributed by atoms with van der Waals surface area (Å²) in [5, 5.41) is 3.42. The summed E-state index contributed by atoms with van der Waals surface area (Å²) in [6.07, 6.45) is 3.93. The van der Waals surface area contributed by atoms with E-state index >= 15 is 0 Å². The second kappa shape index (κ2) is 11.9. The van der Waals surface area contributed by atoms with Gasteiger partial charge < -0.3 is 19.9 Å². The summed E-state index contributed by atoms with van der Waals surface area (Å²) in [5.74, 6) is 1.48. The normalized spacial score (nSPS) is 20.5. The fourth-order valence-electron chi connectivity index (χ4n) is 4.09. The van der Waals surface area contributed by atoms with E-state index in [1.165, 1.54) is 45.0 Å². The smallest absolute Gasteiger partial charge is 0.194 e. The maximum absolute atomic E-state index is 13.8. The molecule has 5 nitrogen and oxygen atoms in total. The molecule has 1 unspecified atom stereocenters. The van der Waals surface area contributed by atoms with Crippen LogP contribution in [0.4, 0.5) is 4.39 Å². The summed E-state index contributed by atoms with van der Waals surface area (Å²) in [5.41, 5.74) is 1.59. The third-order valence-electron chi connectivity index (χ3n) is 5.46. The molecule has 0 amide bonds. The molecule has 0 saturated carbocycles. The van der Waals surface area contributed by atoms with Crippen LogP contribution in [0.2, 0.25) is 0 Å². The van der Waals surface area contributed by atoms with Gasteiger partial charge in [-0.2, -0.15) is 0 Å².